The molecule has 0 fully saturated rings. The van der Waals surface area contributed by atoms with Gasteiger partial charge in [-0.15, -0.1) is 0 Å². The lowest BCUT2D eigenvalue weighted by atomic mass is 10.1. The number of hydrogen-bond donors (Lipinski definition) is 0. The number of benzene rings is 3. The minimum absolute atomic E-state index is 0.178. The summed E-state index contributed by atoms with van der Waals surface area (Å²) in [6.45, 7) is 8.10. The summed E-state index contributed by atoms with van der Waals surface area (Å²) >= 11 is 0. The molecule has 6 heteroatoms. The van der Waals surface area contributed by atoms with E-state index in [2.05, 4.69) is 127 Å². The minimum Gasteiger partial charge on any atom is -0.744 e. The normalized spacial score (nSPS) is 14.1. The predicted octanol–water partition coefficient (Wildman–Crippen LogP) is 7.05. The van der Waals surface area contributed by atoms with Crippen molar-refractivity contribution in [1.29, 1.82) is 0 Å². The molecular formula is C34H34N2O3S. The van der Waals surface area contributed by atoms with Crippen molar-refractivity contribution in [3.8, 4) is 0 Å². The van der Waals surface area contributed by atoms with Gasteiger partial charge in [-0.05, 0) is 68.8 Å². The van der Waals surface area contributed by atoms with E-state index in [4.69, 9.17) is 0 Å². The molecule has 204 valence electrons. The zero-order chi connectivity index (χ0) is 28.5. The van der Waals surface area contributed by atoms with Gasteiger partial charge in [-0.3, -0.25) is 0 Å². The van der Waals surface area contributed by atoms with Crippen LogP contribution in [0.5, 0.6) is 0 Å². The first-order chi connectivity index (χ1) is 19.3. The standard InChI is InChI=1S/C27H27N2.C7H8O3S/c1-3-28-24(20-18-22-12-8-10-16-26(22)28)14-6-5-7-15-25-21-19-23-13-9-11-17-27(23)29(25)4-2;1-6-2-4-7(5-3-6)11(8,9)10/h5-21H,3-4H2,1-2H3;2-5H,1H3,(H,8,9,10)/q+1;/p-1. The first kappa shape index (κ1) is 28.7. The highest BCUT2D eigenvalue weighted by atomic mass is 32.2. The third-order valence-electron chi connectivity index (χ3n) is 6.64. The fourth-order valence-electron chi connectivity index (χ4n) is 4.63. The van der Waals surface area contributed by atoms with Gasteiger partial charge in [-0.2, -0.15) is 4.57 Å². The minimum atomic E-state index is -4.27. The zero-order valence-corrected chi connectivity index (χ0v) is 23.9. The molecule has 0 radical (unpaired) electrons. The Hall–Kier alpha value is -4.26. The van der Waals surface area contributed by atoms with Gasteiger partial charge in [-0.25, -0.2) is 8.42 Å². The summed E-state index contributed by atoms with van der Waals surface area (Å²) in [7, 11) is -4.27. The largest absolute Gasteiger partial charge is 0.744 e. The molecule has 40 heavy (non-hydrogen) atoms. The van der Waals surface area contributed by atoms with Gasteiger partial charge in [0.25, 0.3) is 0 Å². The van der Waals surface area contributed by atoms with Crippen molar-refractivity contribution >= 4 is 38.9 Å². The second kappa shape index (κ2) is 13.2. The summed E-state index contributed by atoms with van der Waals surface area (Å²) in [5.41, 5.74) is 7.17. The van der Waals surface area contributed by atoms with E-state index in [1.807, 2.05) is 6.92 Å². The van der Waals surface area contributed by atoms with Gasteiger partial charge in [0, 0.05) is 41.5 Å². The molecule has 1 aromatic heterocycles. The second-order valence-corrected chi connectivity index (χ2v) is 10.7. The number of aromatic nitrogens is 1. The molecule has 5 nitrogen and oxygen atoms in total. The Morgan fingerprint density at radius 2 is 1.55 bits per heavy atom. The van der Waals surface area contributed by atoms with Crippen LogP contribution in [0.2, 0.25) is 0 Å². The van der Waals surface area contributed by atoms with Crippen LogP contribution in [0.25, 0.3) is 23.1 Å². The topological polar surface area (TPSA) is 64.3 Å². The van der Waals surface area contributed by atoms with Crippen molar-refractivity contribution in [3.05, 3.63) is 138 Å². The molecule has 0 saturated carbocycles. The number of allylic oxidation sites excluding steroid dienone is 5. The maximum atomic E-state index is 10.4. The van der Waals surface area contributed by atoms with Gasteiger partial charge >= 0.3 is 0 Å². The summed E-state index contributed by atoms with van der Waals surface area (Å²) in [5, 5.41) is 1.27. The van der Waals surface area contributed by atoms with Crippen LogP contribution in [0.4, 0.5) is 5.69 Å². The van der Waals surface area contributed by atoms with Crippen LogP contribution in [0.3, 0.4) is 0 Å². The van der Waals surface area contributed by atoms with Crippen LogP contribution in [0.1, 0.15) is 30.7 Å². The molecule has 1 aliphatic rings. The molecule has 0 unspecified atom stereocenters. The molecular weight excluding hydrogens is 516 g/mol. The molecule has 0 N–H and O–H groups in total. The Morgan fingerprint density at radius 3 is 2.27 bits per heavy atom. The van der Waals surface area contributed by atoms with Crippen molar-refractivity contribution in [1.82, 2.24) is 0 Å². The van der Waals surface area contributed by atoms with Gasteiger partial charge in [0.05, 0.1) is 4.90 Å². The van der Waals surface area contributed by atoms with E-state index in [0.717, 1.165) is 18.7 Å². The lowest BCUT2D eigenvalue weighted by molar-refractivity contribution is -0.669. The lowest BCUT2D eigenvalue weighted by Gasteiger charge is -2.29. The average Bonchev–Trinajstić information content (AvgIpc) is 2.96. The highest BCUT2D eigenvalue weighted by Gasteiger charge is 2.14. The van der Waals surface area contributed by atoms with E-state index in [0.29, 0.717) is 0 Å². The van der Waals surface area contributed by atoms with Crippen molar-refractivity contribution in [3.63, 3.8) is 0 Å². The number of aryl methyl sites for hydroxylation is 2. The van der Waals surface area contributed by atoms with E-state index in [9.17, 15) is 13.0 Å². The molecule has 0 atom stereocenters. The molecule has 3 aromatic carbocycles. The number of pyridine rings is 1. The average molecular weight is 551 g/mol. The maximum Gasteiger partial charge on any atom is 0.212 e. The smallest absolute Gasteiger partial charge is 0.212 e. The quantitative estimate of drug-likeness (QED) is 0.147. The van der Waals surface area contributed by atoms with Crippen LogP contribution >= 0.6 is 0 Å². The lowest BCUT2D eigenvalue weighted by Crippen LogP contribution is -2.36. The number of para-hydroxylation sites is 2. The number of likely N-dealkylation sites (N-methyl/N-ethyl adjacent to an activating group) is 1. The zero-order valence-electron chi connectivity index (χ0n) is 23.1. The van der Waals surface area contributed by atoms with Crippen molar-refractivity contribution in [2.24, 2.45) is 0 Å². The van der Waals surface area contributed by atoms with Gasteiger partial charge < -0.3 is 9.45 Å². The number of hydrogen-bond acceptors (Lipinski definition) is 4. The molecule has 0 amide bonds. The Morgan fingerprint density at radius 1 is 0.825 bits per heavy atom. The van der Waals surface area contributed by atoms with Crippen molar-refractivity contribution in [2.45, 2.75) is 32.2 Å². The fourth-order valence-corrected chi connectivity index (χ4v) is 5.10. The molecule has 0 spiro atoms. The molecule has 0 aliphatic carbocycles. The predicted molar refractivity (Wildman–Crippen MR) is 164 cm³/mol. The molecule has 5 rings (SSSR count). The van der Waals surface area contributed by atoms with Crippen LogP contribution in [-0.2, 0) is 16.7 Å². The third-order valence-corrected chi connectivity index (χ3v) is 7.49. The second-order valence-electron chi connectivity index (χ2n) is 9.30. The summed E-state index contributed by atoms with van der Waals surface area (Å²) < 4.78 is 33.5. The summed E-state index contributed by atoms with van der Waals surface area (Å²) in [6, 6.07) is 27.2. The summed E-state index contributed by atoms with van der Waals surface area (Å²) in [5.74, 6) is 0. The summed E-state index contributed by atoms with van der Waals surface area (Å²) in [6.07, 6.45) is 15.1. The molecule has 1 aliphatic heterocycles. The number of fused-ring (bicyclic) bond motifs is 2. The number of rotatable bonds is 6. The van der Waals surface area contributed by atoms with E-state index in [1.165, 1.54) is 45.7 Å². The van der Waals surface area contributed by atoms with Crippen molar-refractivity contribution < 1.29 is 17.5 Å². The Kier molecular flexibility index (Phi) is 9.48. The van der Waals surface area contributed by atoms with E-state index in [1.54, 1.807) is 12.1 Å². The molecule has 4 aromatic rings. The number of anilines is 1. The van der Waals surface area contributed by atoms with Crippen molar-refractivity contribution in [2.75, 3.05) is 11.4 Å². The van der Waals surface area contributed by atoms with Gasteiger partial charge in [0.2, 0.25) is 11.2 Å². The third kappa shape index (κ3) is 7.03. The van der Waals surface area contributed by atoms with E-state index >= 15 is 0 Å². The van der Waals surface area contributed by atoms with Gasteiger partial charge in [0.1, 0.15) is 16.7 Å². The van der Waals surface area contributed by atoms with Gasteiger partial charge in [-0.1, -0.05) is 72.3 Å². The molecule has 0 bridgehead atoms. The first-order valence-corrected chi connectivity index (χ1v) is 14.8. The monoisotopic (exact) mass is 550 g/mol. The van der Waals surface area contributed by atoms with E-state index in [-0.39, 0.29) is 4.90 Å². The fraction of sp³-hybridized carbons (Fsp3) is 0.147. The van der Waals surface area contributed by atoms with E-state index < -0.39 is 10.1 Å². The highest BCUT2D eigenvalue weighted by molar-refractivity contribution is 7.85. The maximum absolute atomic E-state index is 10.4. The SMILES string of the molecule is CCN1/C(=C/C=C/C=C/c2ccc3ccccc3[n+]2CC)C=Cc2ccccc21.Cc1ccc(S(=O)(=O)[O-])cc1. The summed E-state index contributed by atoms with van der Waals surface area (Å²) in [4.78, 5) is 2.17. The van der Waals surface area contributed by atoms with Crippen LogP contribution in [0, 0.1) is 6.92 Å². The Balaban J connectivity index is 0.000000283. The van der Waals surface area contributed by atoms with Crippen LogP contribution in [0.15, 0.2) is 126 Å². The highest BCUT2D eigenvalue weighted by Crippen LogP contribution is 2.30. The van der Waals surface area contributed by atoms with Gasteiger partial charge in [0.15, 0.2) is 0 Å². The molecule has 0 saturated heterocycles. The number of nitrogens with zero attached hydrogens (tertiary/aromatic N) is 2. The van der Waals surface area contributed by atoms with Crippen LogP contribution in [-0.4, -0.2) is 19.5 Å². The molecule has 2 heterocycles. The van der Waals surface area contributed by atoms with Crippen LogP contribution < -0.4 is 9.47 Å². The Bertz CT molecular complexity index is 1700. The first-order valence-electron chi connectivity index (χ1n) is 13.4. The Labute approximate surface area is 237 Å².